The predicted octanol–water partition coefficient (Wildman–Crippen LogP) is 2.14. The highest BCUT2D eigenvalue weighted by atomic mass is 16.6. The van der Waals surface area contributed by atoms with Gasteiger partial charge in [-0.25, -0.2) is 14.5 Å². The molecule has 22 heavy (non-hydrogen) atoms. The standard InChI is InChI=1S/C15H21N5O2/c1-6-13-16-11(8-19(13)7-2)9-20-10-12(17-18-20)14(21)22-15(3,4)5/h7-8,10H,2,6,9H2,1,3-5H3. The predicted molar refractivity (Wildman–Crippen MR) is 82.3 cm³/mol. The normalized spacial score (nSPS) is 11.5. The molecule has 2 heterocycles. The fourth-order valence-corrected chi connectivity index (χ4v) is 1.95. The summed E-state index contributed by atoms with van der Waals surface area (Å²) in [6.45, 7) is 11.6. The van der Waals surface area contributed by atoms with E-state index in [1.807, 2.05) is 38.5 Å². The zero-order valence-corrected chi connectivity index (χ0v) is 13.4. The Labute approximate surface area is 129 Å². The topological polar surface area (TPSA) is 74.8 Å². The fourth-order valence-electron chi connectivity index (χ4n) is 1.95. The lowest BCUT2D eigenvalue weighted by Crippen LogP contribution is -2.24. The quantitative estimate of drug-likeness (QED) is 0.791. The monoisotopic (exact) mass is 303 g/mol. The molecule has 0 aliphatic heterocycles. The van der Waals surface area contributed by atoms with E-state index in [-0.39, 0.29) is 5.69 Å². The van der Waals surface area contributed by atoms with Crippen molar-refractivity contribution in [2.45, 2.75) is 46.3 Å². The fraction of sp³-hybridized carbons (Fsp3) is 0.467. The molecule has 7 nitrogen and oxygen atoms in total. The maximum absolute atomic E-state index is 11.9. The van der Waals surface area contributed by atoms with E-state index in [9.17, 15) is 4.79 Å². The molecular weight excluding hydrogens is 282 g/mol. The first kappa shape index (κ1) is 15.9. The maximum atomic E-state index is 11.9. The number of carbonyl (C=O) groups is 1. The molecule has 0 N–H and O–H groups in total. The molecular formula is C15H21N5O2. The van der Waals surface area contributed by atoms with Gasteiger partial charge in [-0.2, -0.15) is 0 Å². The number of aryl methyl sites for hydroxylation is 1. The van der Waals surface area contributed by atoms with Crippen molar-refractivity contribution in [2.24, 2.45) is 0 Å². The summed E-state index contributed by atoms with van der Waals surface area (Å²) in [6.07, 6.45) is 5.97. The van der Waals surface area contributed by atoms with E-state index < -0.39 is 11.6 Å². The molecule has 0 radical (unpaired) electrons. The molecule has 0 fully saturated rings. The summed E-state index contributed by atoms with van der Waals surface area (Å²) in [5.41, 5.74) is 0.464. The van der Waals surface area contributed by atoms with Crippen molar-refractivity contribution in [1.82, 2.24) is 24.5 Å². The van der Waals surface area contributed by atoms with Gasteiger partial charge in [-0.1, -0.05) is 18.7 Å². The molecule has 0 bridgehead atoms. The molecule has 2 rings (SSSR count). The molecule has 0 unspecified atom stereocenters. The van der Waals surface area contributed by atoms with Gasteiger partial charge in [0.05, 0.1) is 18.4 Å². The Kier molecular flexibility index (Phi) is 4.44. The third-order valence-corrected chi connectivity index (χ3v) is 2.84. The lowest BCUT2D eigenvalue weighted by Gasteiger charge is -2.18. The lowest BCUT2D eigenvalue weighted by molar-refractivity contribution is 0.00627. The highest BCUT2D eigenvalue weighted by Gasteiger charge is 2.20. The molecule has 0 saturated carbocycles. The van der Waals surface area contributed by atoms with Gasteiger partial charge >= 0.3 is 5.97 Å². The number of esters is 1. The second kappa shape index (κ2) is 6.13. The van der Waals surface area contributed by atoms with Gasteiger partial charge in [0.1, 0.15) is 11.4 Å². The average Bonchev–Trinajstić information content (AvgIpc) is 3.03. The highest BCUT2D eigenvalue weighted by molar-refractivity contribution is 5.87. The van der Waals surface area contributed by atoms with E-state index in [1.54, 1.807) is 17.1 Å². The summed E-state index contributed by atoms with van der Waals surface area (Å²) < 4.78 is 8.70. The van der Waals surface area contributed by atoms with Gasteiger partial charge in [-0.15, -0.1) is 5.10 Å². The minimum absolute atomic E-state index is 0.189. The second-order valence-electron chi connectivity index (χ2n) is 5.90. The van der Waals surface area contributed by atoms with Crippen molar-refractivity contribution in [1.29, 1.82) is 0 Å². The zero-order valence-electron chi connectivity index (χ0n) is 13.4. The third-order valence-electron chi connectivity index (χ3n) is 2.84. The van der Waals surface area contributed by atoms with Crippen molar-refractivity contribution in [3.63, 3.8) is 0 Å². The van der Waals surface area contributed by atoms with Gasteiger partial charge in [-0.3, -0.25) is 0 Å². The second-order valence-corrected chi connectivity index (χ2v) is 5.90. The van der Waals surface area contributed by atoms with Crippen LogP contribution in [0.2, 0.25) is 0 Å². The van der Waals surface area contributed by atoms with Crippen molar-refractivity contribution in [3.8, 4) is 0 Å². The van der Waals surface area contributed by atoms with Crippen LogP contribution < -0.4 is 0 Å². The first-order valence-corrected chi connectivity index (χ1v) is 7.15. The van der Waals surface area contributed by atoms with E-state index in [0.717, 1.165) is 17.9 Å². The summed E-state index contributed by atoms with van der Waals surface area (Å²) in [5.74, 6) is 0.446. The van der Waals surface area contributed by atoms with Crippen LogP contribution in [0.4, 0.5) is 0 Å². The summed E-state index contributed by atoms with van der Waals surface area (Å²) in [6, 6.07) is 0. The highest BCUT2D eigenvalue weighted by Crippen LogP contribution is 2.11. The number of imidazole rings is 1. The number of hydrogen-bond acceptors (Lipinski definition) is 5. The van der Waals surface area contributed by atoms with Crippen LogP contribution in [0, 0.1) is 0 Å². The summed E-state index contributed by atoms with van der Waals surface area (Å²) in [5, 5.41) is 7.79. The number of carbonyl (C=O) groups excluding carboxylic acids is 1. The van der Waals surface area contributed by atoms with Crippen LogP contribution in [0.15, 0.2) is 19.0 Å². The molecule has 0 aromatic carbocycles. The molecule has 0 saturated heterocycles. The minimum atomic E-state index is -0.556. The van der Waals surface area contributed by atoms with Crippen molar-refractivity contribution in [3.05, 3.63) is 36.2 Å². The van der Waals surface area contributed by atoms with Crippen LogP contribution >= 0.6 is 0 Å². The van der Waals surface area contributed by atoms with Gasteiger partial charge in [0.2, 0.25) is 0 Å². The Morgan fingerprint density at radius 1 is 1.41 bits per heavy atom. The Hall–Kier alpha value is -2.44. The van der Waals surface area contributed by atoms with Crippen LogP contribution in [0.5, 0.6) is 0 Å². The first-order chi connectivity index (χ1) is 10.3. The third kappa shape index (κ3) is 3.81. The molecule has 2 aromatic heterocycles. The van der Waals surface area contributed by atoms with Crippen LogP contribution in [-0.2, 0) is 17.7 Å². The summed E-state index contributed by atoms with van der Waals surface area (Å²) in [4.78, 5) is 16.4. The number of aromatic nitrogens is 5. The molecule has 0 amide bonds. The largest absolute Gasteiger partial charge is 0.455 e. The van der Waals surface area contributed by atoms with Gasteiger partial charge in [-0.05, 0) is 20.8 Å². The van der Waals surface area contributed by atoms with Gasteiger partial charge in [0.15, 0.2) is 5.69 Å². The van der Waals surface area contributed by atoms with Crippen molar-refractivity contribution >= 4 is 12.2 Å². The Balaban J connectivity index is 2.10. The molecule has 7 heteroatoms. The number of rotatable bonds is 5. The number of hydrogen-bond donors (Lipinski definition) is 0. The van der Waals surface area contributed by atoms with Crippen LogP contribution in [0.25, 0.3) is 6.20 Å². The molecule has 0 aliphatic carbocycles. The van der Waals surface area contributed by atoms with Crippen LogP contribution in [0.3, 0.4) is 0 Å². The number of ether oxygens (including phenoxy) is 1. The van der Waals surface area contributed by atoms with Gasteiger partial charge in [0.25, 0.3) is 0 Å². The molecule has 0 spiro atoms. The smallest absolute Gasteiger partial charge is 0.361 e. The maximum Gasteiger partial charge on any atom is 0.361 e. The minimum Gasteiger partial charge on any atom is -0.455 e. The Morgan fingerprint density at radius 2 is 2.14 bits per heavy atom. The van der Waals surface area contributed by atoms with Crippen molar-refractivity contribution < 1.29 is 9.53 Å². The SMILES string of the molecule is C=Cn1cc(Cn2cc(C(=O)OC(C)(C)C)nn2)nc1CC. The molecule has 0 atom stereocenters. The van der Waals surface area contributed by atoms with Gasteiger partial charge < -0.3 is 9.30 Å². The molecule has 0 aliphatic rings. The van der Waals surface area contributed by atoms with Crippen LogP contribution in [0.1, 0.15) is 49.7 Å². The first-order valence-electron chi connectivity index (χ1n) is 7.15. The van der Waals surface area contributed by atoms with E-state index in [0.29, 0.717) is 6.54 Å². The lowest BCUT2D eigenvalue weighted by atomic mass is 10.2. The molecule has 2 aromatic rings. The van der Waals surface area contributed by atoms with E-state index in [4.69, 9.17) is 4.74 Å². The number of nitrogens with zero attached hydrogens (tertiary/aromatic N) is 5. The average molecular weight is 303 g/mol. The Bertz CT molecular complexity index is 678. The van der Waals surface area contributed by atoms with E-state index in [2.05, 4.69) is 21.9 Å². The van der Waals surface area contributed by atoms with Gasteiger partial charge in [0, 0.05) is 18.8 Å². The van der Waals surface area contributed by atoms with Crippen LogP contribution in [-0.4, -0.2) is 36.1 Å². The van der Waals surface area contributed by atoms with E-state index >= 15 is 0 Å². The Morgan fingerprint density at radius 3 is 2.68 bits per heavy atom. The summed E-state index contributed by atoms with van der Waals surface area (Å²) >= 11 is 0. The van der Waals surface area contributed by atoms with Crippen molar-refractivity contribution in [2.75, 3.05) is 0 Å². The van der Waals surface area contributed by atoms with E-state index in [1.165, 1.54) is 0 Å². The molecule has 118 valence electrons. The zero-order chi connectivity index (χ0) is 16.3. The summed E-state index contributed by atoms with van der Waals surface area (Å²) in [7, 11) is 0.